The van der Waals surface area contributed by atoms with Crippen LogP contribution in [0.15, 0.2) is 59.5 Å². The first-order valence-electron chi connectivity index (χ1n) is 7.77. The summed E-state index contributed by atoms with van der Waals surface area (Å²) in [6.07, 6.45) is 0.832. The minimum atomic E-state index is -3.40. The molecule has 0 aliphatic carbocycles. The van der Waals surface area contributed by atoms with E-state index in [4.69, 9.17) is 0 Å². The molecule has 0 radical (unpaired) electrons. The van der Waals surface area contributed by atoms with Gasteiger partial charge in [-0.3, -0.25) is 4.79 Å². The zero-order valence-corrected chi connectivity index (χ0v) is 14.2. The van der Waals surface area contributed by atoms with Crippen molar-refractivity contribution in [2.24, 2.45) is 0 Å². The number of rotatable bonds is 7. The normalized spacial score (nSPS) is 12.6. The van der Waals surface area contributed by atoms with Gasteiger partial charge in [0.1, 0.15) is 5.82 Å². The highest BCUT2D eigenvalue weighted by Gasteiger charge is 2.19. The fourth-order valence-corrected chi connectivity index (χ4v) is 3.73. The molecule has 24 heavy (non-hydrogen) atoms. The number of hydrogen-bond acceptors (Lipinski definition) is 3. The van der Waals surface area contributed by atoms with Crippen molar-refractivity contribution < 1.29 is 17.6 Å². The Morgan fingerprint density at radius 3 is 2.33 bits per heavy atom. The lowest BCUT2D eigenvalue weighted by atomic mass is 10.1. The van der Waals surface area contributed by atoms with Crippen LogP contribution < -0.4 is 5.32 Å². The molecule has 1 atom stereocenters. The van der Waals surface area contributed by atoms with Gasteiger partial charge in [0.05, 0.1) is 16.2 Å². The minimum Gasteiger partial charge on any atom is -0.349 e. The van der Waals surface area contributed by atoms with E-state index >= 15 is 0 Å². The maximum absolute atomic E-state index is 13.6. The Labute approximate surface area is 141 Å². The standard InChI is InChI=1S/C18H20FNO3S/c1-2-14(20-18(21)16-10-6-7-11-17(16)19)12-13-24(22,23)15-8-4-3-5-9-15/h3-11,14H,2,12-13H2,1H3,(H,20,21). The molecule has 6 heteroatoms. The van der Waals surface area contributed by atoms with Crippen molar-refractivity contribution in [3.8, 4) is 0 Å². The van der Waals surface area contributed by atoms with Crippen molar-refractivity contribution in [1.82, 2.24) is 5.32 Å². The molecule has 2 rings (SSSR count). The van der Waals surface area contributed by atoms with Gasteiger partial charge < -0.3 is 5.32 Å². The highest BCUT2D eigenvalue weighted by Crippen LogP contribution is 2.14. The summed E-state index contributed by atoms with van der Waals surface area (Å²) < 4.78 is 38.2. The number of halogens is 1. The van der Waals surface area contributed by atoms with E-state index in [1.54, 1.807) is 36.4 Å². The molecule has 1 N–H and O–H groups in total. The topological polar surface area (TPSA) is 63.2 Å². The molecule has 0 saturated carbocycles. The molecule has 0 aromatic heterocycles. The van der Waals surface area contributed by atoms with Gasteiger partial charge in [0.15, 0.2) is 9.84 Å². The third kappa shape index (κ3) is 4.64. The average molecular weight is 349 g/mol. The highest BCUT2D eigenvalue weighted by atomic mass is 32.2. The fraction of sp³-hybridized carbons (Fsp3) is 0.278. The number of nitrogens with one attached hydrogen (secondary N) is 1. The molecule has 2 aromatic carbocycles. The first-order valence-corrected chi connectivity index (χ1v) is 9.42. The molecule has 1 unspecified atom stereocenters. The Bertz CT molecular complexity index is 791. The summed E-state index contributed by atoms with van der Waals surface area (Å²) in [5.74, 6) is -1.20. The van der Waals surface area contributed by atoms with Crippen LogP contribution in [0.5, 0.6) is 0 Å². The lowest BCUT2D eigenvalue weighted by Gasteiger charge is -2.17. The highest BCUT2D eigenvalue weighted by molar-refractivity contribution is 7.91. The SMILES string of the molecule is CCC(CCS(=O)(=O)c1ccccc1)NC(=O)c1ccccc1F. The van der Waals surface area contributed by atoms with Crippen LogP contribution in [0.4, 0.5) is 4.39 Å². The van der Waals surface area contributed by atoms with E-state index in [-0.39, 0.29) is 28.7 Å². The predicted molar refractivity (Wildman–Crippen MR) is 91.1 cm³/mol. The van der Waals surface area contributed by atoms with Crippen LogP contribution in [0.25, 0.3) is 0 Å². The minimum absolute atomic E-state index is 0.0399. The Morgan fingerprint density at radius 2 is 1.71 bits per heavy atom. The molecule has 4 nitrogen and oxygen atoms in total. The van der Waals surface area contributed by atoms with Gasteiger partial charge in [0, 0.05) is 6.04 Å². The van der Waals surface area contributed by atoms with Gasteiger partial charge in [-0.1, -0.05) is 37.3 Å². The maximum atomic E-state index is 13.6. The van der Waals surface area contributed by atoms with E-state index in [0.717, 1.165) is 0 Å². The van der Waals surface area contributed by atoms with Crippen molar-refractivity contribution >= 4 is 15.7 Å². The van der Waals surface area contributed by atoms with E-state index in [9.17, 15) is 17.6 Å². The van der Waals surface area contributed by atoms with Crippen LogP contribution in [0.1, 0.15) is 30.1 Å². The largest absolute Gasteiger partial charge is 0.349 e. The lowest BCUT2D eigenvalue weighted by Crippen LogP contribution is -2.36. The Kier molecular flexibility index (Phi) is 6.09. The van der Waals surface area contributed by atoms with Gasteiger partial charge in [-0.25, -0.2) is 12.8 Å². The van der Waals surface area contributed by atoms with E-state index < -0.39 is 21.6 Å². The molecule has 2 aromatic rings. The number of sulfone groups is 1. The summed E-state index contributed by atoms with van der Waals surface area (Å²) in [5.41, 5.74) is -0.0399. The first-order chi connectivity index (χ1) is 11.4. The molecule has 1 amide bonds. The Hall–Kier alpha value is -2.21. The van der Waals surface area contributed by atoms with E-state index in [2.05, 4.69) is 5.32 Å². The summed E-state index contributed by atoms with van der Waals surface area (Å²) in [5, 5.41) is 2.70. The smallest absolute Gasteiger partial charge is 0.254 e. The second kappa shape index (κ2) is 8.06. The molecule has 0 aliphatic rings. The second-order valence-electron chi connectivity index (χ2n) is 5.48. The number of benzene rings is 2. The Morgan fingerprint density at radius 1 is 1.08 bits per heavy atom. The van der Waals surface area contributed by atoms with Gasteiger partial charge in [-0.15, -0.1) is 0 Å². The van der Waals surface area contributed by atoms with Crippen LogP contribution in [-0.4, -0.2) is 26.1 Å². The van der Waals surface area contributed by atoms with Crippen LogP contribution in [0.2, 0.25) is 0 Å². The van der Waals surface area contributed by atoms with Crippen LogP contribution in [0.3, 0.4) is 0 Å². The van der Waals surface area contributed by atoms with Gasteiger partial charge in [-0.2, -0.15) is 0 Å². The quantitative estimate of drug-likeness (QED) is 0.835. The van der Waals surface area contributed by atoms with Crippen LogP contribution >= 0.6 is 0 Å². The van der Waals surface area contributed by atoms with Crippen molar-refractivity contribution in [2.75, 3.05) is 5.75 Å². The Balaban J connectivity index is 2.00. The monoisotopic (exact) mass is 349 g/mol. The second-order valence-corrected chi connectivity index (χ2v) is 7.59. The predicted octanol–water partition coefficient (Wildman–Crippen LogP) is 3.20. The first kappa shape index (κ1) is 18.1. The maximum Gasteiger partial charge on any atom is 0.254 e. The van der Waals surface area contributed by atoms with E-state index in [0.29, 0.717) is 6.42 Å². The van der Waals surface area contributed by atoms with Gasteiger partial charge >= 0.3 is 0 Å². The summed E-state index contributed by atoms with van der Waals surface area (Å²) in [7, 11) is -3.40. The summed E-state index contributed by atoms with van der Waals surface area (Å²) >= 11 is 0. The molecule has 0 heterocycles. The van der Waals surface area contributed by atoms with Crippen molar-refractivity contribution in [2.45, 2.75) is 30.7 Å². The number of amides is 1. The average Bonchev–Trinajstić information content (AvgIpc) is 2.59. The van der Waals surface area contributed by atoms with Crippen molar-refractivity contribution in [1.29, 1.82) is 0 Å². The van der Waals surface area contributed by atoms with E-state index in [1.807, 2.05) is 6.92 Å². The molecule has 0 spiro atoms. The molecule has 0 fully saturated rings. The molecular formula is C18H20FNO3S. The lowest BCUT2D eigenvalue weighted by molar-refractivity contribution is 0.0931. The van der Waals surface area contributed by atoms with Gasteiger partial charge in [-0.05, 0) is 37.1 Å². The van der Waals surface area contributed by atoms with E-state index in [1.165, 1.54) is 18.2 Å². The number of carbonyl (C=O) groups excluding carboxylic acids is 1. The molecule has 0 bridgehead atoms. The number of hydrogen-bond donors (Lipinski definition) is 1. The zero-order chi connectivity index (χ0) is 17.6. The summed E-state index contributed by atoms with van der Waals surface area (Å²) in [4.78, 5) is 12.4. The number of carbonyl (C=O) groups is 1. The third-order valence-electron chi connectivity index (χ3n) is 3.78. The summed E-state index contributed by atoms with van der Waals surface area (Å²) in [6.45, 7) is 1.85. The van der Waals surface area contributed by atoms with Gasteiger partial charge in [0.2, 0.25) is 0 Å². The third-order valence-corrected chi connectivity index (χ3v) is 5.55. The van der Waals surface area contributed by atoms with Gasteiger partial charge in [0.25, 0.3) is 5.91 Å². The summed E-state index contributed by atoms with van der Waals surface area (Å²) in [6, 6.07) is 13.6. The fourth-order valence-electron chi connectivity index (χ4n) is 2.33. The molecule has 128 valence electrons. The molecule has 0 saturated heterocycles. The van der Waals surface area contributed by atoms with Crippen molar-refractivity contribution in [3.05, 3.63) is 66.0 Å². The zero-order valence-electron chi connectivity index (χ0n) is 13.4. The molecule has 0 aliphatic heterocycles. The van der Waals surface area contributed by atoms with Crippen LogP contribution in [-0.2, 0) is 9.84 Å². The van der Waals surface area contributed by atoms with Crippen molar-refractivity contribution in [3.63, 3.8) is 0 Å². The van der Waals surface area contributed by atoms with Crippen LogP contribution in [0, 0.1) is 5.82 Å². The molecular weight excluding hydrogens is 329 g/mol.